The Hall–Kier alpha value is -3.06. The first-order valence-electron chi connectivity index (χ1n) is 4.37. The summed E-state index contributed by atoms with van der Waals surface area (Å²) in [6.07, 6.45) is 0. The average molecular weight is 326 g/mol. The lowest BCUT2D eigenvalue weighted by atomic mass is 9.98. The largest absolute Gasteiger partial charge is 0.478 e. The molecule has 0 unspecified atom stereocenters. The van der Waals surface area contributed by atoms with Gasteiger partial charge in [0.05, 0.1) is 22.3 Å². The molecule has 0 aliphatic carbocycles. The van der Waals surface area contributed by atoms with E-state index in [1.165, 1.54) is 0 Å². The predicted octanol–water partition coefficient (Wildman–Crippen LogP) is 1.98. The summed E-state index contributed by atoms with van der Waals surface area (Å²) in [4.78, 5) is 43.1. The zero-order valence-electron chi connectivity index (χ0n) is 12.6. The van der Waals surface area contributed by atoms with Crippen molar-refractivity contribution in [3.8, 4) is 0 Å². The summed E-state index contributed by atoms with van der Waals surface area (Å²) < 4.78 is 0. The highest BCUT2D eigenvalue weighted by Crippen LogP contribution is 2.18. The molecule has 0 spiro atoms. The molecule has 12 heteroatoms. The van der Waals surface area contributed by atoms with Gasteiger partial charge in [0.25, 0.3) is 0 Å². The molecular formula is C10H22N4O8+4. The topological polar surface area (TPSA) is 295 Å². The van der Waals surface area contributed by atoms with Crippen LogP contribution in [-0.4, -0.2) is 44.3 Å². The van der Waals surface area contributed by atoms with Crippen molar-refractivity contribution in [2.45, 2.75) is 0 Å². The fourth-order valence-electron chi connectivity index (χ4n) is 1.31. The van der Waals surface area contributed by atoms with Crippen LogP contribution in [0.5, 0.6) is 0 Å². The van der Waals surface area contributed by atoms with Gasteiger partial charge in [0.1, 0.15) is 0 Å². The maximum Gasteiger partial charge on any atom is 0.336 e. The third-order valence-corrected chi connectivity index (χ3v) is 2.08. The van der Waals surface area contributed by atoms with Gasteiger partial charge in [0.2, 0.25) is 0 Å². The van der Waals surface area contributed by atoms with Crippen molar-refractivity contribution in [2.24, 2.45) is 0 Å². The first kappa shape index (κ1) is 27.3. The molecule has 0 bridgehead atoms. The van der Waals surface area contributed by atoms with Crippen molar-refractivity contribution in [3.05, 3.63) is 34.4 Å². The highest BCUT2D eigenvalue weighted by atomic mass is 16.4. The van der Waals surface area contributed by atoms with E-state index in [1.54, 1.807) is 0 Å². The number of carboxylic acids is 4. The molecule has 1 aromatic rings. The maximum absolute atomic E-state index is 10.8. The van der Waals surface area contributed by atoms with Gasteiger partial charge >= 0.3 is 23.9 Å². The Morgan fingerprint density at radius 3 is 0.727 bits per heavy atom. The van der Waals surface area contributed by atoms with Crippen LogP contribution in [0.25, 0.3) is 0 Å². The lowest BCUT2D eigenvalue weighted by Crippen LogP contribution is -2.15. The van der Waals surface area contributed by atoms with Gasteiger partial charge in [-0.15, -0.1) is 0 Å². The smallest absolute Gasteiger partial charge is 0.336 e. The molecule has 12 nitrogen and oxygen atoms in total. The molecule has 0 radical (unpaired) electrons. The normalized spacial score (nSPS) is 8.00. The van der Waals surface area contributed by atoms with Crippen LogP contribution in [0.4, 0.5) is 0 Å². The van der Waals surface area contributed by atoms with E-state index in [2.05, 4.69) is 0 Å². The molecule has 22 heavy (non-hydrogen) atoms. The lowest BCUT2D eigenvalue weighted by molar-refractivity contribution is 0.0637. The van der Waals surface area contributed by atoms with Crippen molar-refractivity contribution in [2.75, 3.05) is 0 Å². The molecule has 126 valence electrons. The van der Waals surface area contributed by atoms with Gasteiger partial charge in [0, 0.05) is 0 Å². The Kier molecular flexibility index (Phi) is 12.1. The van der Waals surface area contributed by atoms with Crippen LogP contribution < -0.4 is 24.6 Å². The highest BCUT2D eigenvalue weighted by molar-refractivity contribution is 6.09. The summed E-state index contributed by atoms with van der Waals surface area (Å²) in [5.41, 5.74) is -3.15. The zero-order valence-corrected chi connectivity index (χ0v) is 12.6. The number of quaternary nitrogens is 4. The minimum Gasteiger partial charge on any atom is -0.478 e. The molecule has 0 aliphatic heterocycles. The van der Waals surface area contributed by atoms with Crippen molar-refractivity contribution < 1.29 is 39.6 Å². The molecule has 0 amide bonds. The molecule has 20 N–H and O–H groups in total. The summed E-state index contributed by atoms with van der Waals surface area (Å²) in [6, 6.07) is 1.02. The van der Waals surface area contributed by atoms with Crippen LogP contribution in [0.3, 0.4) is 0 Å². The van der Waals surface area contributed by atoms with Gasteiger partial charge in [-0.1, -0.05) is 0 Å². The first-order valence-corrected chi connectivity index (χ1v) is 4.37. The van der Waals surface area contributed by atoms with E-state index < -0.39 is 46.1 Å². The number of hydrogen-bond donors (Lipinski definition) is 8. The minimum absolute atomic E-state index is 0. The molecule has 0 atom stereocenters. The Labute approximate surface area is 123 Å². The number of carboxylic acid groups (broad SMARTS) is 4. The second-order valence-corrected chi connectivity index (χ2v) is 3.16. The lowest BCUT2D eigenvalue weighted by Gasteiger charge is -2.06. The van der Waals surface area contributed by atoms with Crippen LogP contribution in [0.1, 0.15) is 41.4 Å². The fourth-order valence-corrected chi connectivity index (χ4v) is 1.31. The number of rotatable bonds is 4. The summed E-state index contributed by atoms with van der Waals surface area (Å²) in [5.74, 6) is -6.64. The second-order valence-electron chi connectivity index (χ2n) is 3.16. The van der Waals surface area contributed by atoms with Gasteiger partial charge in [0.15, 0.2) is 0 Å². The predicted molar refractivity (Wildman–Crippen MR) is 78.2 cm³/mol. The van der Waals surface area contributed by atoms with Crippen molar-refractivity contribution in [1.29, 1.82) is 0 Å². The molecule has 1 aromatic carbocycles. The Morgan fingerprint density at radius 2 is 0.636 bits per heavy atom. The summed E-state index contributed by atoms with van der Waals surface area (Å²) in [5, 5.41) is 35.0. The average Bonchev–Trinajstić information content (AvgIpc) is 2.26. The molecule has 0 aromatic heterocycles. The van der Waals surface area contributed by atoms with Crippen LogP contribution >= 0.6 is 0 Å². The maximum atomic E-state index is 10.8. The Morgan fingerprint density at radius 1 is 0.500 bits per heavy atom. The SMILES string of the molecule is O=C(O)c1cc(C(=O)O)c(C(=O)O)cc1C(=O)O.[NH4+].[NH4+].[NH4+].[NH4+]. The monoisotopic (exact) mass is 326 g/mol. The number of carbonyl (C=O) groups is 4. The van der Waals surface area contributed by atoms with Crippen LogP contribution in [0, 0.1) is 0 Å². The van der Waals surface area contributed by atoms with Gasteiger partial charge in [-0.3, -0.25) is 0 Å². The number of benzene rings is 1. The molecule has 0 saturated carbocycles. The van der Waals surface area contributed by atoms with E-state index in [4.69, 9.17) is 20.4 Å². The molecule has 0 fully saturated rings. The standard InChI is InChI=1S/C10H6O8.4H3N/c11-7(12)3-1-4(8(13)14)6(10(17)18)2-5(3)9(15)16;;;;/h1-2H,(H,11,12)(H,13,14)(H,15,16)(H,17,18);4*1H3/p+4. The number of aromatic carboxylic acids is 4. The van der Waals surface area contributed by atoms with Crippen LogP contribution in [0.15, 0.2) is 12.1 Å². The van der Waals surface area contributed by atoms with Crippen LogP contribution in [0.2, 0.25) is 0 Å². The molecule has 0 saturated heterocycles. The summed E-state index contributed by atoms with van der Waals surface area (Å²) >= 11 is 0. The van der Waals surface area contributed by atoms with E-state index in [0.717, 1.165) is 0 Å². The second kappa shape index (κ2) is 9.78. The molecule has 1 rings (SSSR count). The van der Waals surface area contributed by atoms with E-state index in [0.29, 0.717) is 12.1 Å². The van der Waals surface area contributed by atoms with E-state index in [1.807, 2.05) is 0 Å². The van der Waals surface area contributed by atoms with Gasteiger partial charge in [-0.05, 0) is 12.1 Å². The van der Waals surface area contributed by atoms with Crippen molar-refractivity contribution in [3.63, 3.8) is 0 Å². The Balaban J connectivity index is -0.000000405. The summed E-state index contributed by atoms with van der Waals surface area (Å²) in [7, 11) is 0. The quantitative estimate of drug-likeness (QED) is 0.403. The summed E-state index contributed by atoms with van der Waals surface area (Å²) in [6.45, 7) is 0. The first-order chi connectivity index (χ1) is 8.25. The van der Waals surface area contributed by atoms with Crippen LogP contribution in [-0.2, 0) is 0 Å². The fraction of sp³-hybridized carbons (Fsp3) is 0. The van der Waals surface area contributed by atoms with Crippen molar-refractivity contribution in [1.82, 2.24) is 24.6 Å². The van der Waals surface area contributed by atoms with E-state index in [-0.39, 0.29) is 24.6 Å². The van der Waals surface area contributed by atoms with Crippen molar-refractivity contribution >= 4 is 23.9 Å². The number of hydrogen-bond acceptors (Lipinski definition) is 4. The van der Waals surface area contributed by atoms with Gasteiger partial charge in [-0.25, -0.2) is 19.2 Å². The highest BCUT2D eigenvalue weighted by Gasteiger charge is 2.24. The molecule has 0 aliphatic rings. The zero-order chi connectivity index (χ0) is 14.0. The Bertz CT molecular complexity index is 488. The minimum atomic E-state index is -1.66. The molecular weight excluding hydrogens is 304 g/mol. The third-order valence-electron chi connectivity index (χ3n) is 2.08. The van der Waals surface area contributed by atoms with E-state index in [9.17, 15) is 19.2 Å². The van der Waals surface area contributed by atoms with Gasteiger partial charge in [-0.2, -0.15) is 0 Å². The third kappa shape index (κ3) is 5.14. The van der Waals surface area contributed by atoms with E-state index >= 15 is 0 Å². The van der Waals surface area contributed by atoms with Gasteiger partial charge < -0.3 is 45.0 Å². The molecule has 0 heterocycles.